The smallest absolute Gasteiger partial charge is 0.270 e. The Bertz CT molecular complexity index is 702. The molecule has 24 heavy (non-hydrogen) atoms. The molecule has 3 rings (SSSR count). The number of likely N-dealkylation sites (tertiary alicyclic amines) is 1. The number of benzene rings is 1. The van der Waals surface area contributed by atoms with Gasteiger partial charge in [-0.2, -0.15) is 5.10 Å². The third kappa shape index (κ3) is 3.46. The van der Waals surface area contributed by atoms with Crippen molar-refractivity contribution >= 4 is 34.8 Å². The fourth-order valence-electron chi connectivity index (χ4n) is 3.18. The van der Waals surface area contributed by atoms with Gasteiger partial charge in [-0.15, -0.1) is 0 Å². The topological polar surface area (TPSA) is 53.0 Å². The Hall–Kier alpha value is -1.88. The lowest BCUT2D eigenvalue weighted by molar-refractivity contribution is -0.126. The van der Waals surface area contributed by atoms with E-state index < -0.39 is 0 Å². The van der Waals surface area contributed by atoms with Gasteiger partial charge in [0.25, 0.3) is 5.91 Å². The van der Waals surface area contributed by atoms with Gasteiger partial charge in [-0.3, -0.25) is 9.59 Å². The SMILES string of the molecule is Cc1ccc(N2N=C(C(=O)N3CCC[C@@H](C)C3)CCC2=O)cc1Cl. The summed E-state index contributed by atoms with van der Waals surface area (Å²) in [6.45, 7) is 5.60. The second kappa shape index (κ2) is 6.93. The molecular weight excluding hydrogens is 326 g/mol. The maximum absolute atomic E-state index is 12.7. The fourth-order valence-corrected chi connectivity index (χ4v) is 3.35. The molecule has 1 aromatic rings. The Morgan fingerprint density at radius 2 is 2.12 bits per heavy atom. The van der Waals surface area contributed by atoms with Crippen molar-refractivity contribution in [2.45, 2.75) is 39.5 Å². The van der Waals surface area contributed by atoms with Gasteiger partial charge in [0.2, 0.25) is 5.91 Å². The summed E-state index contributed by atoms with van der Waals surface area (Å²) in [5, 5.41) is 6.25. The van der Waals surface area contributed by atoms with Crippen molar-refractivity contribution in [3.8, 4) is 0 Å². The zero-order valence-electron chi connectivity index (χ0n) is 14.1. The summed E-state index contributed by atoms with van der Waals surface area (Å²) < 4.78 is 0. The van der Waals surface area contributed by atoms with Gasteiger partial charge in [-0.25, -0.2) is 5.01 Å². The number of halogens is 1. The fraction of sp³-hybridized carbons (Fsp3) is 0.500. The molecule has 1 atom stereocenters. The maximum atomic E-state index is 12.7. The van der Waals surface area contributed by atoms with Gasteiger partial charge in [0, 0.05) is 31.0 Å². The number of hydrogen-bond donors (Lipinski definition) is 0. The molecule has 2 heterocycles. The van der Waals surface area contributed by atoms with Crippen LogP contribution >= 0.6 is 11.6 Å². The molecule has 128 valence electrons. The van der Waals surface area contributed by atoms with Gasteiger partial charge in [-0.05, 0) is 43.4 Å². The minimum Gasteiger partial charge on any atom is -0.337 e. The van der Waals surface area contributed by atoms with Gasteiger partial charge in [-0.1, -0.05) is 24.6 Å². The average molecular weight is 348 g/mol. The number of anilines is 1. The number of hydrazone groups is 1. The summed E-state index contributed by atoms with van der Waals surface area (Å²) >= 11 is 6.16. The van der Waals surface area contributed by atoms with Crippen LogP contribution in [0.4, 0.5) is 5.69 Å². The molecule has 1 aromatic carbocycles. The number of hydrogen-bond acceptors (Lipinski definition) is 3. The second-order valence-corrected chi connectivity index (χ2v) is 7.09. The molecule has 0 radical (unpaired) electrons. The summed E-state index contributed by atoms with van der Waals surface area (Å²) in [5.74, 6) is 0.358. The van der Waals surface area contributed by atoms with Crippen LogP contribution in [-0.2, 0) is 9.59 Å². The first-order valence-corrected chi connectivity index (χ1v) is 8.79. The highest BCUT2D eigenvalue weighted by atomic mass is 35.5. The standard InChI is InChI=1S/C18H22ClN3O2/c1-12-4-3-9-21(11-12)18(24)16-7-8-17(23)22(20-16)14-6-5-13(2)15(19)10-14/h5-6,10,12H,3-4,7-9,11H2,1-2H3/t12-/m1/s1. The van der Waals surface area contributed by atoms with E-state index in [2.05, 4.69) is 12.0 Å². The third-order valence-corrected chi connectivity index (χ3v) is 5.03. The van der Waals surface area contributed by atoms with Crippen LogP contribution in [0.2, 0.25) is 5.02 Å². The molecule has 0 spiro atoms. The van der Waals surface area contributed by atoms with Crippen molar-refractivity contribution < 1.29 is 9.59 Å². The maximum Gasteiger partial charge on any atom is 0.270 e. The number of carbonyl (C=O) groups is 2. The van der Waals surface area contributed by atoms with Crippen LogP contribution in [0.25, 0.3) is 0 Å². The van der Waals surface area contributed by atoms with E-state index in [-0.39, 0.29) is 11.8 Å². The van der Waals surface area contributed by atoms with Crippen LogP contribution < -0.4 is 5.01 Å². The van der Waals surface area contributed by atoms with Gasteiger partial charge >= 0.3 is 0 Å². The van der Waals surface area contributed by atoms with Crippen molar-refractivity contribution in [1.29, 1.82) is 0 Å². The largest absolute Gasteiger partial charge is 0.337 e. The zero-order valence-corrected chi connectivity index (χ0v) is 14.8. The van der Waals surface area contributed by atoms with Gasteiger partial charge in [0.05, 0.1) is 5.69 Å². The normalized spacial score (nSPS) is 21.7. The van der Waals surface area contributed by atoms with Crippen LogP contribution in [0.1, 0.15) is 38.2 Å². The van der Waals surface area contributed by atoms with Gasteiger partial charge in [0.1, 0.15) is 5.71 Å². The van der Waals surface area contributed by atoms with Crippen LogP contribution in [0.15, 0.2) is 23.3 Å². The van der Waals surface area contributed by atoms with Crippen LogP contribution in [0.5, 0.6) is 0 Å². The molecule has 2 aliphatic heterocycles. The molecule has 1 saturated heterocycles. The predicted octanol–water partition coefficient (Wildman–Crippen LogP) is 3.39. The van der Waals surface area contributed by atoms with E-state index in [9.17, 15) is 9.59 Å². The molecule has 0 N–H and O–H groups in total. The van der Waals surface area contributed by atoms with Crippen molar-refractivity contribution in [2.75, 3.05) is 18.1 Å². The lowest BCUT2D eigenvalue weighted by Crippen LogP contribution is -2.45. The van der Waals surface area contributed by atoms with E-state index in [0.717, 1.165) is 31.5 Å². The van der Waals surface area contributed by atoms with Gasteiger partial charge < -0.3 is 4.90 Å². The molecule has 1 fully saturated rings. The number of aryl methyl sites for hydroxylation is 1. The van der Waals surface area contributed by atoms with Crippen LogP contribution in [0, 0.1) is 12.8 Å². The van der Waals surface area contributed by atoms with Crippen molar-refractivity contribution in [3.05, 3.63) is 28.8 Å². The summed E-state index contributed by atoms with van der Waals surface area (Å²) in [6, 6.07) is 5.37. The van der Waals surface area contributed by atoms with E-state index >= 15 is 0 Å². The van der Waals surface area contributed by atoms with Crippen molar-refractivity contribution in [3.63, 3.8) is 0 Å². The van der Waals surface area contributed by atoms with Crippen molar-refractivity contribution in [1.82, 2.24) is 4.90 Å². The van der Waals surface area contributed by atoms with Crippen LogP contribution in [0.3, 0.4) is 0 Å². The molecule has 2 aliphatic rings. The average Bonchev–Trinajstić information content (AvgIpc) is 2.57. The summed E-state index contributed by atoms with van der Waals surface area (Å²) in [7, 11) is 0. The third-order valence-electron chi connectivity index (χ3n) is 4.62. The Labute approximate surface area is 147 Å². The van der Waals surface area contributed by atoms with E-state index in [1.165, 1.54) is 5.01 Å². The minimum atomic E-state index is -0.113. The van der Waals surface area contributed by atoms with Crippen LogP contribution in [-0.4, -0.2) is 35.5 Å². The number of rotatable bonds is 2. The molecule has 0 aliphatic carbocycles. The minimum absolute atomic E-state index is 0.0442. The van der Waals surface area contributed by atoms with E-state index in [4.69, 9.17) is 11.6 Å². The summed E-state index contributed by atoms with van der Waals surface area (Å²) in [4.78, 5) is 26.8. The molecule has 2 amide bonds. The van der Waals surface area contributed by atoms with E-state index in [0.29, 0.717) is 35.2 Å². The lowest BCUT2D eigenvalue weighted by Gasteiger charge is -2.32. The molecular formula is C18H22ClN3O2. The lowest BCUT2D eigenvalue weighted by atomic mass is 9.99. The Morgan fingerprint density at radius 3 is 2.83 bits per heavy atom. The number of amides is 2. The number of piperidine rings is 1. The van der Waals surface area contributed by atoms with E-state index in [1.807, 2.05) is 17.9 Å². The summed E-state index contributed by atoms with van der Waals surface area (Å²) in [5.41, 5.74) is 2.00. The Kier molecular flexibility index (Phi) is 4.90. The summed E-state index contributed by atoms with van der Waals surface area (Å²) in [6.07, 6.45) is 2.87. The first kappa shape index (κ1) is 17.0. The molecule has 0 bridgehead atoms. The number of nitrogens with zero attached hydrogens (tertiary/aromatic N) is 3. The second-order valence-electron chi connectivity index (χ2n) is 6.68. The first-order valence-electron chi connectivity index (χ1n) is 8.41. The predicted molar refractivity (Wildman–Crippen MR) is 95.3 cm³/mol. The van der Waals surface area contributed by atoms with Gasteiger partial charge in [0.15, 0.2) is 0 Å². The number of carbonyl (C=O) groups excluding carboxylic acids is 2. The molecule has 6 heteroatoms. The highest BCUT2D eigenvalue weighted by Crippen LogP contribution is 2.26. The molecule has 0 unspecified atom stereocenters. The highest BCUT2D eigenvalue weighted by molar-refractivity contribution is 6.40. The monoisotopic (exact) mass is 347 g/mol. The molecule has 0 saturated carbocycles. The quantitative estimate of drug-likeness (QED) is 0.823. The van der Waals surface area contributed by atoms with Crippen molar-refractivity contribution in [2.24, 2.45) is 11.0 Å². The molecule has 5 nitrogen and oxygen atoms in total. The first-order chi connectivity index (χ1) is 11.5. The zero-order chi connectivity index (χ0) is 17.3. The van der Waals surface area contributed by atoms with E-state index in [1.54, 1.807) is 12.1 Å². The Morgan fingerprint density at radius 1 is 1.33 bits per heavy atom. The highest BCUT2D eigenvalue weighted by Gasteiger charge is 2.30. The molecule has 0 aromatic heterocycles. The Balaban J connectivity index is 1.84.